The number of nitrogens with zero attached hydrogens (tertiary/aromatic N) is 3. The predicted octanol–water partition coefficient (Wildman–Crippen LogP) is 13.9. The monoisotopic (exact) mass is 1280 g/mol. The van der Waals surface area contributed by atoms with Gasteiger partial charge in [0.15, 0.2) is 0 Å². The number of hydrogen-bond acceptors (Lipinski definition) is 5. The zero-order valence-corrected chi connectivity index (χ0v) is 54.4. The molecular formula is C62H84BiN3O7Si3. The molecule has 14 heteroatoms. The molecule has 2 N–H and O–H groups in total. The molecule has 8 rings (SSSR count). The zero-order chi connectivity index (χ0) is 55.9. The molecule has 0 amide bonds. The first-order valence-electron chi connectivity index (χ1n) is 26.6. The van der Waals surface area contributed by atoms with Gasteiger partial charge in [-0.1, -0.05) is 36.4 Å². The van der Waals surface area contributed by atoms with Crippen LogP contribution in [0.15, 0.2) is 152 Å². The predicted molar refractivity (Wildman–Crippen MR) is 327 cm³/mol. The molecule has 406 valence electrons. The van der Waals surface area contributed by atoms with Crippen molar-refractivity contribution >= 4 is 101 Å². The largest absolute Gasteiger partial charge is 0.478 e. The molecule has 0 aliphatic carbocycles. The molecule has 8 aromatic rings. The molecule has 0 saturated heterocycles. The number of rotatable bonds is 17. The fourth-order valence-electron chi connectivity index (χ4n) is 8.02. The van der Waals surface area contributed by atoms with E-state index in [1.54, 1.807) is 60.7 Å². The van der Waals surface area contributed by atoms with Crippen LogP contribution in [0.3, 0.4) is 0 Å². The molecule has 3 heterocycles. The van der Waals surface area contributed by atoms with Gasteiger partial charge in [-0.2, -0.15) is 0 Å². The summed E-state index contributed by atoms with van der Waals surface area (Å²) in [5, 5.41) is 21.3. The smallest absolute Gasteiger partial charge is 0.335 e. The van der Waals surface area contributed by atoms with E-state index >= 15 is 0 Å². The summed E-state index contributed by atoms with van der Waals surface area (Å²) in [6, 6.07) is 45.4. The maximum Gasteiger partial charge on any atom is 0.335 e. The SMILES string of the molecule is CC(C)(C)[Si](C)(C)OCCn1ccc2c[c]([Bi]([c]3ccc4c(ccn4CCO[Si](C)(C)C(C)(C)C)c3)[c]3ccc4c(ccn4CCO[Si](C)(C)C(C)(C)C)c3)ccc21.O=C(O)c1ccccc1.O=C(O)c1ccccc1. The van der Waals surface area contributed by atoms with Gasteiger partial charge in [0.1, 0.15) is 0 Å². The van der Waals surface area contributed by atoms with Crippen LogP contribution in [0.4, 0.5) is 0 Å². The van der Waals surface area contributed by atoms with E-state index in [4.69, 9.17) is 23.5 Å². The molecule has 0 saturated carbocycles. The molecule has 5 aromatic carbocycles. The third-order valence-electron chi connectivity index (χ3n) is 15.9. The summed E-state index contributed by atoms with van der Waals surface area (Å²) in [5.41, 5.74) is 4.51. The van der Waals surface area contributed by atoms with Gasteiger partial charge in [-0.3, -0.25) is 0 Å². The Morgan fingerprint density at radius 1 is 0.421 bits per heavy atom. The molecule has 3 aromatic heterocycles. The summed E-state index contributed by atoms with van der Waals surface area (Å²) in [6.07, 6.45) is 6.75. The number of carboxylic acids is 2. The molecule has 0 radical (unpaired) electrons. The molecule has 0 unspecified atom stereocenters. The van der Waals surface area contributed by atoms with E-state index in [1.807, 2.05) is 0 Å². The van der Waals surface area contributed by atoms with E-state index in [0.717, 1.165) is 39.5 Å². The van der Waals surface area contributed by atoms with Gasteiger partial charge >= 0.3 is 376 Å². The Bertz CT molecular complexity index is 2890. The molecule has 0 aliphatic heterocycles. The molecule has 0 fully saturated rings. The van der Waals surface area contributed by atoms with E-state index in [-0.39, 0.29) is 15.1 Å². The Morgan fingerprint density at radius 2 is 0.684 bits per heavy atom. The van der Waals surface area contributed by atoms with E-state index in [9.17, 15) is 9.59 Å². The normalized spacial score (nSPS) is 12.7. The Hall–Kier alpha value is -4.93. The Kier molecular flexibility index (Phi) is 19.7. The molecule has 76 heavy (non-hydrogen) atoms. The van der Waals surface area contributed by atoms with Crippen molar-refractivity contribution in [1.82, 2.24) is 13.7 Å². The van der Waals surface area contributed by atoms with Crippen LogP contribution in [0.25, 0.3) is 32.7 Å². The molecule has 10 nitrogen and oxygen atoms in total. The van der Waals surface area contributed by atoms with Gasteiger partial charge in [0.25, 0.3) is 0 Å². The minimum absolute atomic E-state index is 0.206. The maximum absolute atomic E-state index is 10.2. The van der Waals surface area contributed by atoms with Crippen LogP contribution in [-0.4, -0.2) is 102 Å². The van der Waals surface area contributed by atoms with Crippen LogP contribution < -0.4 is 9.81 Å². The first-order chi connectivity index (χ1) is 35.5. The molecule has 0 bridgehead atoms. The average Bonchev–Trinajstić information content (AvgIpc) is 4.08. The summed E-state index contributed by atoms with van der Waals surface area (Å²) in [6.45, 7) is 39.7. The Morgan fingerprint density at radius 3 is 0.908 bits per heavy atom. The summed E-state index contributed by atoms with van der Waals surface area (Å²) in [4.78, 5) is 20.4. The van der Waals surface area contributed by atoms with Gasteiger partial charge < -0.3 is 10.2 Å². The van der Waals surface area contributed by atoms with E-state index < -0.39 is 58.6 Å². The van der Waals surface area contributed by atoms with Crippen LogP contribution >= 0.6 is 0 Å². The number of aromatic nitrogens is 3. The summed E-state index contributed by atoms with van der Waals surface area (Å²) < 4.78 is 31.4. The molecule has 0 atom stereocenters. The fraction of sp³-hybridized carbons (Fsp3) is 0.387. The second-order valence-corrected chi connectivity index (χ2v) is 47.3. The molecule has 0 aliphatic rings. The third kappa shape index (κ3) is 15.2. The molecule has 0 spiro atoms. The van der Waals surface area contributed by atoms with Gasteiger partial charge in [-0.15, -0.1) is 0 Å². The fourth-order valence-corrected chi connectivity index (χ4v) is 20.3. The number of benzene rings is 5. The average molecular weight is 1280 g/mol. The van der Waals surface area contributed by atoms with E-state index in [1.165, 1.54) is 42.5 Å². The van der Waals surface area contributed by atoms with Crippen LogP contribution in [0, 0.1) is 0 Å². The van der Waals surface area contributed by atoms with Crippen molar-refractivity contribution in [2.45, 2.75) is 136 Å². The Labute approximate surface area is 464 Å². The summed E-state index contributed by atoms with van der Waals surface area (Å²) in [7, 11) is -5.41. The number of aromatic carboxylic acids is 2. The van der Waals surface area contributed by atoms with Crippen LogP contribution in [0.5, 0.6) is 0 Å². The zero-order valence-electron chi connectivity index (χ0n) is 47.9. The van der Waals surface area contributed by atoms with Crippen LogP contribution in [0.2, 0.25) is 54.4 Å². The second kappa shape index (κ2) is 24.8. The van der Waals surface area contributed by atoms with Crippen LogP contribution in [0.1, 0.15) is 83.0 Å². The summed E-state index contributed by atoms with van der Waals surface area (Å²) >= 11 is -2.79. The van der Waals surface area contributed by atoms with Crippen molar-refractivity contribution in [2.24, 2.45) is 0 Å². The third-order valence-corrected chi connectivity index (χ3v) is 38.8. The minimum Gasteiger partial charge on any atom is -0.478 e. The maximum atomic E-state index is 10.2. The van der Waals surface area contributed by atoms with E-state index in [0.29, 0.717) is 11.1 Å². The number of fused-ring (bicyclic) bond motifs is 3. The molecular weight excluding hydrogens is 1190 g/mol. The minimum atomic E-state index is -2.79. The second-order valence-electron chi connectivity index (χ2n) is 24.3. The van der Waals surface area contributed by atoms with Crippen molar-refractivity contribution in [1.29, 1.82) is 0 Å². The number of carbonyl (C=O) groups is 2. The van der Waals surface area contributed by atoms with Crippen molar-refractivity contribution in [3.05, 3.63) is 163 Å². The summed E-state index contributed by atoms with van der Waals surface area (Å²) in [5.74, 6) is -1.76. The van der Waals surface area contributed by atoms with Crippen molar-refractivity contribution < 1.29 is 33.1 Å². The van der Waals surface area contributed by atoms with Crippen molar-refractivity contribution in [3.8, 4) is 0 Å². The first-order valence-corrected chi connectivity index (χ1v) is 40.5. The van der Waals surface area contributed by atoms with E-state index in [2.05, 4.69) is 207 Å². The van der Waals surface area contributed by atoms with Crippen molar-refractivity contribution in [2.75, 3.05) is 19.8 Å². The van der Waals surface area contributed by atoms with Gasteiger partial charge in [0.2, 0.25) is 0 Å². The van der Waals surface area contributed by atoms with Crippen LogP contribution in [-0.2, 0) is 32.9 Å². The van der Waals surface area contributed by atoms with Gasteiger partial charge in [-0.05, 0) is 24.3 Å². The quantitative estimate of drug-likeness (QED) is 0.0872. The van der Waals surface area contributed by atoms with Gasteiger partial charge in [0, 0.05) is 0 Å². The first kappa shape index (κ1) is 60.3. The van der Waals surface area contributed by atoms with Gasteiger partial charge in [-0.25, -0.2) is 9.59 Å². The standard InChI is InChI=1S/3C16H24NOSi.2C7H6O2.Bi/c3*1-16(2,3)19(4,5)18-13-12-17-11-10-14-8-6-7-9-15(14)17;2*8-7(9)6-4-2-1-3-5-6;/h3*7-11H,12-13H2,1-5H3;2*1-5H,(H,8,9);. The number of carboxylic acid groups (broad SMARTS) is 2. The van der Waals surface area contributed by atoms with Gasteiger partial charge in [0.05, 0.1) is 11.1 Å². The van der Waals surface area contributed by atoms with Crippen molar-refractivity contribution in [3.63, 3.8) is 0 Å². The topological polar surface area (TPSA) is 117 Å². The number of hydrogen-bond donors (Lipinski definition) is 2. The Balaban J connectivity index is 0.000000436.